The van der Waals surface area contributed by atoms with Crippen molar-refractivity contribution in [3.63, 3.8) is 0 Å². The SMILES string of the molecule is CCOC(CCCCCCCCCCCC/C=C\CCCl)OCC. The summed E-state index contributed by atoms with van der Waals surface area (Å²) < 4.78 is 11.1. The lowest BCUT2D eigenvalue weighted by molar-refractivity contribution is -0.140. The number of alkyl halides is 1. The quantitative estimate of drug-likeness (QED) is 0.104. The minimum absolute atomic E-state index is 0.0183. The van der Waals surface area contributed by atoms with Crippen LogP contribution in [-0.2, 0) is 9.47 Å². The number of allylic oxidation sites excluding steroid dienone is 2. The van der Waals surface area contributed by atoms with Crippen LogP contribution >= 0.6 is 11.6 Å². The molecule has 0 bridgehead atoms. The lowest BCUT2D eigenvalue weighted by Gasteiger charge is -2.16. The lowest BCUT2D eigenvalue weighted by atomic mass is 10.0. The highest BCUT2D eigenvalue weighted by Gasteiger charge is 2.06. The second-order valence-corrected chi connectivity index (χ2v) is 6.78. The minimum atomic E-state index is 0.0183. The summed E-state index contributed by atoms with van der Waals surface area (Å²) in [6.45, 7) is 5.55. The number of hydrogen-bond acceptors (Lipinski definition) is 2. The number of unbranched alkanes of at least 4 members (excludes halogenated alkanes) is 10. The van der Waals surface area contributed by atoms with Crippen molar-refractivity contribution in [1.82, 2.24) is 0 Å². The van der Waals surface area contributed by atoms with Gasteiger partial charge in [0.25, 0.3) is 0 Å². The number of hydrogen-bond donors (Lipinski definition) is 0. The normalized spacial score (nSPS) is 11.8. The fourth-order valence-corrected chi connectivity index (χ4v) is 3.00. The summed E-state index contributed by atoms with van der Waals surface area (Å²) >= 11 is 5.63. The molecule has 0 fully saturated rings. The lowest BCUT2D eigenvalue weighted by Crippen LogP contribution is -2.17. The molecule has 0 saturated carbocycles. The largest absolute Gasteiger partial charge is 0.353 e. The summed E-state index contributed by atoms with van der Waals surface area (Å²) in [6, 6.07) is 0. The standard InChI is InChI=1S/C21H41ClO2/c1-3-23-21(24-4-2)19-17-15-13-11-9-7-5-6-8-10-12-14-16-18-20-22/h14,16,21H,3-13,15,17-20H2,1-2H3/b16-14-. The smallest absolute Gasteiger partial charge is 0.157 e. The Kier molecular flexibility index (Phi) is 20.9. The van der Waals surface area contributed by atoms with E-state index in [-0.39, 0.29) is 6.29 Å². The van der Waals surface area contributed by atoms with E-state index in [0.717, 1.165) is 31.9 Å². The third-order valence-corrected chi connectivity index (χ3v) is 4.43. The fraction of sp³-hybridized carbons (Fsp3) is 0.905. The highest BCUT2D eigenvalue weighted by atomic mass is 35.5. The Morgan fingerprint density at radius 1 is 0.667 bits per heavy atom. The maximum Gasteiger partial charge on any atom is 0.157 e. The Morgan fingerprint density at radius 2 is 1.12 bits per heavy atom. The van der Waals surface area contributed by atoms with Crippen molar-refractivity contribution in [2.24, 2.45) is 0 Å². The molecule has 0 rings (SSSR count). The van der Waals surface area contributed by atoms with Gasteiger partial charge in [-0.3, -0.25) is 0 Å². The predicted octanol–water partition coefficient (Wildman–Crippen LogP) is 7.25. The third kappa shape index (κ3) is 18.3. The Labute approximate surface area is 156 Å². The summed E-state index contributed by atoms with van der Waals surface area (Å²) in [4.78, 5) is 0. The third-order valence-electron chi connectivity index (χ3n) is 4.21. The Hall–Kier alpha value is -0.0500. The molecule has 0 saturated heterocycles. The van der Waals surface area contributed by atoms with E-state index in [1.807, 2.05) is 13.8 Å². The van der Waals surface area contributed by atoms with Gasteiger partial charge >= 0.3 is 0 Å². The molecule has 2 nitrogen and oxygen atoms in total. The molecule has 0 heterocycles. The second-order valence-electron chi connectivity index (χ2n) is 6.40. The molecule has 0 aromatic rings. The number of rotatable bonds is 19. The maximum atomic E-state index is 5.63. The first-order chi connectivity index (χ1) is 11.8. The molecule has 0 aromatic heterocycles. The van der Waals surface area contributed by atoms with E-state index in [2.05, 4.69) is 12.2 Å². The first-order valence-corrected chi connectivity index (χ1v) is 10.8. The van der Waals surface area contributed by atoms with Crippen LogP contribution in [0.4, 0.5) is 0 Å². The Bertz CT molecular complexity index is 250. The van der Waals surface area contributed by atoms with E-state index in [1.54, 1.807) is 0 Å². The van der Waals surface area contributed by atoms with Gasteiger partial charge in [0.15, 0.2) is 6.29 Å². The Morgan fingerprint density at radius 3 is 1.62 bits per heavy atom. The molecule has 0 radical (unpaired) electrons. The first-order valence-electron chi connectivity index (χ1n) is 10.3. The van der Waals surface area contributed by atoms with E-state index in [9.17, 15) is 0 Å². The van der Waals surface area contributed by atoms with Crippen LogP contribution in [0.25, 0.3) is 0 Å². The van der Waals surface area contributed by atoms with Gasteiger partial charge in [-0.05, 0) is 46.0 Å². The molecule has 0 atom stereocenters. The van der Waals surface area contributed by atoms with Crippen LogP contribution in [0.2, 0.25) is 0 Å². The minimum Gasteiger partial charge on any atom is -0.353 e. The van der Waals surface area contributed by atoms with Crippen LogP contribution in [0.5, 0.6) is 0 Å². The molecule has 0 aliphatic carbocycles. The fourth-order valence-electron chi connectivity index (χ4n) is 2.87. The molecular formula is C21H41ClO2. The average Bonchev–Trinajstić information content (AvgIpc) is 2.58. The van der Waals surface area contributed by atoms with Crippen LogP contribution in [0, 0.1) is 0 Å². The van der Waals surface area contributed by atoms with Crippen LogP contribution in [0.15, 0.2) is 12.2 Å². The molecule has 0 aliphatic rings. The van der Waals surface area contributed by atoms with Gasteiger partial charge in [0, 0.05) is 19.1 Å². The molecule has 0 spiro atoms. The van der Waals surface area contributed by atoms with Gasteiger partial charge in [-0.1, -0.05) is 63.5 Å². The molecule has 0 N–H and O–H groups in total. The first kappa shape index (κ1) is 23.9. The van der Waals surface area contributed by atoms with Crippen molar-refractivity contribution < 1.29 is 9.47 Å². The highest BCUT2D eigenvalue weighted by molar-refractivity contribution is 6.17. The second kappa shape index (κ2) is 21.0. The van der Waals surface area contributed by atoms with E-state index in [0.29, 0.717) is 0 Å². The average molecular weight is 361 g/mol. The van der Waals surface area contributed by atoms with Crippen molar-refractivity contribution >= 4 is 11.6 Å². The molecule has 3 heteroatoms. The summed E-state index contributed by atoms with van der Waals surface area (Å²) in [5.41, 5.74) is 0. The summed E-state index contributed by atoms with van der Waals surface area (Å²) in [5.74, 6) is 0.746. The number of halogens is 1. The Balaban J connectivity index is 3.19. The van der Waals surface area contributed by atoms with Crippen molar-refractivity contribution in [2.75, 3.05) is 19.1 Å². The van der Waals surface area contributed by atoms with Crippen molar-refractivity contribution in [3.8, 4) is 0 Å². The summed E-state index contributed by atoms with van der Waals surface area (Å²) in [5, 5.41) is 0. The molecule has 0 unspecified atom stereocenters. The summed E-state index contributed by atoms with van der Waals surface area (Å²) in [6.07, 6.45) is 21.4. The van der Waals surface area contributed by atoms with Gasteiger partial charge in [-0.15, -0.1) is 11.6 Å². The predicted molar refractivity (Wildman–Crippen MR) is 107 cm³/mol. The molecule has 0 amide bonds. The zero-order chi connectivity index (χ0) is 17.7. The molecule has 0 aromatic carbocycles. The molecule has 144 valence electrons. The van der Waals surface area contributed by atoms with Gasteiger partial charge in [-0.2, -0.15) is 0 Å². The van der Waals surface area contributed by atoms with Gasteiger partial charge in [0.1, 0.15) is 0 Å². The van der Waals surface area contributed by atoms with Crippen molar-refractivity contribution in [3.05, 3.63) is 12.2 Å². The molecule has 0 aliphatic heterocycles. The van der Waals surface area contributed by atoms with Crippen molar-refractivity contribution in [2.45, 2.75) is 104 Å². The summed E-state index contributed by atoms with van der Waals surface area (Å²) in [7, 11) is 0. The van der Waals surface area contributed by atoms with E-state index in [1.165, 1.54) is 70.6 Å². The zero-order valence-electron chi connectivity index (χ0n) is 16.2. The maximum absolute atomic E-state index is 5.63. The van der Waals surface area contributed by atoms with Crippen LogP contribution in [-0.4, -0.2) is 25.4 Å². The van der Waals surface area contributed by atoms with Crippen LogP contribution < -0.4 is 0 Å². The van der Waals surface area contributed by atoms with E-state index >= 15 is 0 Å². The van der Waals surface area contributed by atoms with Gasteiger partial charge in [0.05, 0.1) is 0 Å². The van der Waals surface area contributed by atoms with Crippen LogP contribution in [0.3, 0.4) is 0 Å². The topological polar surface area (TPSA) is 18.5 Å². The monoisotopic (exact) mass is 360 g/mol. The van der Waals surface area contributed by atoms with Gasteiger partial charge < -0.3 is 9.47 Å². The van der Waals surface area contributed by atoms with E-state index in [4.69, 9.17) is 21.1 Å². The van der Waals surface area contributed by atoms with Crippen LogP contribution in [0.1, 0.15) is 97.3 Å². The van der Waals surface area contributed by atoms with E-state index < -0.39 is 0 Å². The van der Waals surface area contributed by atoms with Gasteiger partial charge in [-0.25, -0.2) is 0 Å². The zero-order valence-corrected chi connectivity index (χ0v) is 17.0. The highest BCUT2D eigenvalue weighted by Crippen LogP contribution is 2.14. The molecular weight excluding hydrogens is 320 g/mol. The molecule has 24 heavy (non-hydrogen) atoms. The van der Waals surface area contributed by atoms with Gasteiger partial charge in [0.2, 0.25) is 0 Å². The van der Waals surface area contributed by atoms with Crippen molar-refractivity contribution in [1.29, 1.82) is 0 Å². The number of ether oxygens (including phenoxy) is 2.